The molecule has 0 aliphatic heterocycles. The number of rotatable bonds is 4. The molecule has 4 rings (SSSR count). The highest BCUT2D eigenvalue weighted by Gasteiger charge is 2.21. The summed E-state index contributed by atoms with van der Waals surface area (Å²) in [5, 5.41) is 11.4. The standard InChI is InChI=1S/C23H18N2O2/c24-23(27)20-19-17(14-15-8-3-1-4-9-15)12-7-13-18(19)25-21(22(20)26)16-10-5-2-6-11-16/h1-13,26H,14H2,(H2,24,27). The molecule has 0 fully saturated rings. The monoisotopic (exact) mass is 354 g/mol. The molecular weight excluding hydrogens is 336 g/mol. The molecule has 3 aromatic carbocycles. The maximum Gasteiger partial charge on any atom is 0.253 e. The average molecular weight is 354 g/mol. The van der Waals surface area contributed by atoms with E-state index in [1.807, 2.05) is 78.9 Å². The number of amides is 1. The molecule has 0 spiro atoms. The van der Waals surface area contributed by atoms with E-state index < -0.39 is 5.91 Å². The number of hydrogen-bond acceptors (Lipinski definition) is 3. The Bertz CT molecular complexity index is 1120. The molecule has 0 aliphatic rings. The third kappa shape index (κ3) is 3.13. The molecule has 0 saturated heterocycles. The van der Waals surface area contributed by atoms with E-state index in [0.717, 1.165) is 16.7 Å². The first-order chi connectivity index (χ1) is 13.1. The Kier molecular flexibility index (Phi) is 4.30. The summed E-state index contributed by atoms with van der Waals surface area (Å²) in [7, 11) is 0. The lowest BCUT2D eigenvalue weighted by Gasteiger charge is -2.14. The van der Waals surface area contributed by atoms with Gasteiger partial charge < -0.3 is 10.8 Å². The van der Waals surface area contributed by atoms with E-state index in [4.69, 9.17) is 5.73 Å². The second kappa shape index (κ2) is 6.92. The van der Waals surface area contributed by atoms with Crippen LogP contribution in [0.15, 0.2) is 78.9 Å². The van der Waals surface area contributed by atoms with E-state index in [1.54, 1.807) is 0 Å². The zero-order chi connectivity index (χ0) is 18.8. The molecule has 0 unspecified atom stereocenters. The van der Waals surface area contributed by atoms with E-state index in [1.165, 1.54) is 0 Å². The maximum atomic E-state index is 12.3. The average Bonchev–Trinajstić information content (AvgIpc) is 2.69. The summed E-state index contributed by atoms with van der Waals surface area (Å²) in [4.78, 5) is 16.9. The largest absolute Gasteiger partial charge is 0.505 e. The van der Waals surface area contributed by atoms with E-state index >= 15 is 0 Å². The van der Waals surface area contributed by atoms with Crippen LogP contribution < -0.4 is 5.73 Å². The normalized spacial score (nSPS) is 10.8. The van der Waals surface area contributed by atoms with E-state index in [2.05, 4.69) is 4.98 Å². The highest BCUT2D eigenvalue weighted by atomic mass is 16.3. The van der Waals surface area contributed by atoms with Gasteiger partial charge in [0.1, 0.15) is 5.69 Å². The maximum absolute atomic E-state index is 12.3. The quantitative estimate of drug-likeness (QED) is 0.574. The highest BCUT2D eigenvalue weighted by Crippen LogP contribution is 2.36. The van der Waals surface area contributed by atoms with Crippen molar-refractivity contribution in [2.24, 2.45) is 5.73 Å². The van der Waals surface area contributed by atoms with Gasteiger partial charge in [-0.3, -0.25) is 4.79 Å². The minimum absolute atomic E-state index is 0.116. The van der Waals surface area contributed by atoms with Gasteiger partial charge in [0.25, 0.3) is 5.91 Å². The smallest absolute Gasteiger partial charge is 0.253 e. The van der Waals surface area contributed by atoms with Crippen molar-refractivity contribution in [3.63, 3.8) is 0 Å². The fourth-order valence-electron chi connectivity index (χ4n) is 3.38. The van der Waals surface area contributed by atoms with Crippen molar-refractivity contribution in [2.75, 3.05) is 0 Å². The molecule has 0 bridgehead atoms. The lowest BCUT2D eigenvalue weighted by Crippen LogP contribution is -2.14. The van der Waals surface area contributed by atoms with Gasteiger partial charge in [-0.1, -0.05) is 72.8 Å². The summed E-state index contributed by atoms with van der Waals surface area (Å²) >= 11 is 0. The molecule has 4 nitrogen and oxygen atoms in total. The fraction of sp³-hybridized carbons (Fsp3) is 0.0435. The Morgan fingerprint density at radius 1 is 0.889 bits per heavy atom. The Morgan fingerprint density at radius 3 is 2.22 bits per heavy atom. The predicted molar refractivity (Wildman–Crippen MR) is 107 cm³/mol. The van der Waals surface area contributed by atoms with Crippen LogP contribution in [0.3, 0.4) is 0 Å². The first kappa shape index (κ1) is 16.8. The molecule has 1 amide bonds. The lowest BCUT2D eigenvalue weighted by atomic mass is 9.95. The number of nitrogens with zero attached hydrogens (tertiary/aromatic N) is 1. The number of aromatic hydroxyl groups is 1. The first-order valence-corrected chi connectivity index (χ1v) is 8.69. The van der Waals surface area contributed by atoms with E-state index in [9.17, 15) is 9.90 Å². The highest BCUT2D eigenvalue weighted by molar-refractivity contribution is 6.10. The van der Waals surface area contributed by atoms with Crippen molar-refractivity contribution in [1.29, 1.82) is 0 Å². The summed E-state index contributed by atoms with van der Waals surface area (Å²) in [6.45, 7) is 0. The zero-order valence-corrected chi connectivity index (χ0v) is 14.6. The number of benzene rings is 3. The fourth-order valence-corrected chi connectivity index (χ4v) is 3.38. The van der Waals surface area contributed by atoms with Crippen LogP contribution in [0.5, 0.6) is 5.75 Å². The van der Waals surface area contributed by atoms with Crippen LogP contribution in [-0.2, 0) is 6.42 Å². The van der Waals surface area contributed by atoms with Crippen molar-refractivity contribution in [2.45, 2.75) is 6.42 Å². The van der Waals surface area contributed by atoms with Crippen LogP contribution in [0.2, 0.25) is 0 Å². The molecule has 132 valence electrons. The predicted octanol–water partition coefficient (Wildman–Crippen LogP) is 4.30. The Balaban J connectivity index is 1.98. The van der Waals surface area contributed by atoms with Gasteiger partial charge >= 0.3 is 0 Å². The number of nitrogens with two attached hydrogens (primary N) is 1. The van der Waals surface area contributed by atoms with Crippen LogP contribution in [0.4, 0.5) is 0 Å². The van der Waals surface area contributed by atoms with Crippen molar-refractivity contribution >= 4 is 16.8 Å². The summed E-state index contributed by atoms with van der Waals surface area (Å²) in [5.74, 6) is -0.848. The Morgan fingerprint density at radius 2 is 1.56 bits per heavy atom. The molecule has 0 aliphatic carbocycles. The SMILES string of the molecule is NC(=O)c1c(O)c(-c2ccccc2)nc2cccc(Cc3ccccc3)c12. The topological polar surface area (TPSA) is 76.2 Å². The zero-order valence-electron chi connectivity index (χ0n) is 14.6. The van der Waals surface area contributed by atoms with E-state index in [-0.39, 0.29) is 11.3 Å². The van der Waals surface area contributed by atoms with Gasteiger partial charge in [-0.2, -0.15) is 0 Å². The Hall–Kier alpha value is -3.66. The van der Waals surface area contributed by atoms with Crippen molar-refractivity contribution in [3.05, 3.63) is 95.6 Å². The van der Waals surface area contributed by atoms with Gasteiger partial charge in [-0.15, -0.1) is 0 Å². The van der Waals surface area contributed by atoms with Crippen molar-refractivity contribution in [3.8, 4) is 17.0 Å². The number of primary amides is 1. The van der Waals surface area contributed by atoms with Crippen molar-refractivity contribution < 1.29 is 9.90 Å². The summed E-state index contributed by atoms with van der Waals surface area (Å²) in [5.41, 5.74) is 9.50. The molecule has 3 N–H and O–H groups in total. The van der Waals surface area contributed by atoms with Gasteiger partial charge in [0, 0.05) is 10.9 Å². The van der Waals surface area contributed by atoms with Crippen LogP contribution in [0, 0.1) is 0 Å². The van der Waals surface area contributed by atoms with Crippen LogP contribution in [0.1, 0.15) is 21.5 Å². The summed E-state index contributed by atoms with van der Waals surface area (Å²) in [6, 6.07) is 24.9. The van der Waals surface area contributed by atoms with Gasteiger partial charge in [-0.25, -0.2) is 4.98 Å². The number of carbonyl (C=O) groups is 1. The molecular formula is C23H18N2O2. The second-order valence-electron chi connectivity index (χ2n) is 6.39. The Labute approximate surface area is 156 Å². The molecule has 1 aromatic heterocycles. The molecule has 0 radical (unpaired) electrons. The molecule has 0 atom stereocenters. The summed E-state index contributed by atoms with van der Waals surface area (Å²) < 4.78 is 0. The number of aromatic nitrogens is 1. The van der Waals surface area contributed by atoms with Gasteiger partial charge in [0.2, 0.25) is 0 Å². The van der Waals surface area contributed by atoms with Crippen molar-refractivity contribution in [1.82, 2.24) is 4.98 Å². The first-order valence-electron chi connectivity index (χ1n) is 8.69. The minimum atomic E-state index is -0.669. The minimum Gasteiger partial charge on any atom is -0.505 e. The van der Waals surface area contributed by atoms with Crippen LogP contribution in [-0.4, -0.2) is 16.0 Å². The third-order valence-electron chi connectivity index (χ3n) is 4.60. The van der Waals surface area contributed by atoms with Crippen LogP contribution >= 0.6 is 0 Å². The molecule has 0 saturated carbocycles. The number of pyridine rings is 1. The van der Waals surface area contributed by atoms with Gasteiger partial charge in [0.15, 0.2) is 5.75 Å². The number of fused-ring (bicyclic) bond motifs is 1. The number of hydrogen-bond donors (Lipinski definition) is 2. The van der Waals surface area contributed by atoms with Gasteiger partial charge in [0.05, 0.1) is 11.1 Å². The molecule has 4 aromatic rings. The second-order valence-corrected chi connectivity index (χ2v) is 6.39. The molecule has 27 heavy (non-hydrogen) atoms. The third-order valence-corrected chi connectivity index (χ3v) is 4.60. The van der Waals surface area contributed by atoms with Crippen LogP contribution in [0.25, 0.3) is 22.2 Å². The molecule has 1 heterocycles. The summed E-state index contributed by atoms with van der Waals surface area (Å²) in [6.07, 6.45) is 0.615. The number of carbonyl (C=O) groups excluding carboxylic acids is 1. The van der Waals surface area contributed by atoms with Gasteiger partial charge in [-0.05, 0) is 23.6 Å². The van der Waals surface area contributed by atoms with E-state index in [0.29, 0.717) is 23.0 Å². The molecule has 4 heteroatoms. The lowest BCUT2D eigenvalue weighted by molar-refractivity contribution is 0.0999.